The molecule has 332 valence electrons. The molecule has 0 aliphatic carbocycles. The Hall–Kier alpha value is -5.24. The molecule has 0 radical (unpaired) electrons. The number of rotatable bonds is 16. The fourth-order valence-corrected chi connectivity index (χ4v) is 8.63. The van der Waals surface area contributed by atoms with E-state index in [2.05, 4.69) is 31.9 Å². The highest BCUT2D eigenvalue weighted by molar-refractivity contribution is 7.22. The zero-order valence-corrected chi connectivity index (χ0v) is 36.3. The van der Waals surface area contributed by atoms with Gasteiger partial charge in [0, 0.05) is 50.6 Å². The number of piperazine rings is 1. The maximum atomic E-state index is 17.2. The van der Waals surface area contributed by atoms with Crippen molar-refractivity contribution in [3.63, 3.8) is 0 Å². The van der Waals surface area contributed by atoms with Crippen molar-refractivity contribution in [1.29, 1.82) is 0 Å². The number of esters is 1. The predicted octanol–water partition coefficient (Wildman–Crippen LogP) is 6.66. The first-order valence-electron chi connectivity index (χ1n) is 19.8. The van der Waals surface area contributed by atoms with Gasteiger partial charge in [0.05, 0.1) is 38.6 Å². The molecular formula is C41H41B2ClF6N6O6S. The van der Waals surface area contributed by atoms with Crippen LogP contribution in [0, 0.1) is 12.9 Å². The molecule has 1 aliphatic rings. The first kappa shape index (κ1) is 45.8. The highest BCUT2D eigenvalue weighted by Crippen LogP contribution is 2.51. The van der Waals surface area contributed by atoms with E-state index in [0.29, 0.717) is 39.6 Å². The minimum Gasteiger partial charge on any atom is -0.499 e. The standard InChI is InChI=1S/C41H41B2ClF6N6O6S/c1-4-58-38(57)35(40(49,50)25-7-5-6-8-26(25)62-41(42,43)29-13-14-53-56(29)21-39(46,47)48)61-36-32-31(34(28-11-12-30(45)60-28)63-37(32)52-22-51-36)24-9-10-27(33(44)23(24)2)59-20-19-55-17-15-54(3)16-18-55/h5-14,22,35H,4,15-21,42-43H2,1-3H3/t35-/m0/s1. The number of halogens is 7. The van der Waals surface area contributed by atoms with Gasteiger partial charge in [-0.15, -0.1) is 11.3 Å². The summed E-state index contributed by atoms with van der Waals surface area (Å²) in [6.45, 7) is 6.16. The minimum absolute atomic E-state index is 0.0580. The molecule has 0 saturated carbocycles. The van der Waals surface area contributed by atoms with Gasteiger partial charge in [-0.25, -0.2) is 14.8 Å². The second kappa shape index (κ2) is 18.5. The maximum absolute atomic E-state index is 17.2. The molecule has 0 unspecified atom stereocenters. The molecule has 0 amide bonds. The van der Waals surface area contributed by atoms with Crippen molar-refractivity contribution in [2.75, 3.05) is 53.0 Å². The molecular weight excluding hydrogens is 876 g/mol. The molecule has 4 aromatic heterocycles. The Morgan fingerprint density at radius 2 is 1.75 bits per heavy atom. The molecule has 0 N–H and O–H groups in total. The molecule has 0 spiro atoms. The molecule has 1 saturated heterocycles. The van der Waals surface area contributed by atoms with Gasteiger partial charge in [-0.05, 0) is 62.4 Å². The van der Waals surface area contributed by atoms with Crippen LogP contribution in [-0.4, -0.2) is 116 Å². The number of hydrogen-bond donors (Lipinski definition) is 0. The van der Waals surface area contributed by atoms with Crippen LogP contribution in [0.5, 0.6) is 17.4 Å². The predicted molar refractivity (Wildman–Crippen MR) is 229 cm³/mol. The van der Waals surface area contributed by atoms with Gasteiger partial charge >= 0.3 is 18.1 Å². The third kappa shape index (κ3) is 9.95. The first-order chi connectivity index (χ1) is 29.9. The highest BCUT2D eigenvalue weighted by Gasteiger charge is 2.52. The average molecular weight is 917 g/mol. The van der Waals surface area contributed by atoms with Crippen molar-refractivity contribution >= 4 is 54.8 Å². The Bertz CT molecular complexity index is 2580. The number of thiophene rings is 1. The molecule has 12 nitrogen and oxygen atoms in total. The number of carbonyl (C=O) groups is 1. The molecule has 5 heterocycles. The quantitative estimate of drug-likeness (QED) is 0.0590. The number of alkyl halides is 5. The molecule has 1 fully saturated rings. The monoisotopic (exact) mass is 916 g/mol. The van der Waals surface area contributed by atoms with Crippen LogP contribution in [0.15, 0.2) is 71.5 Å². The van der Waals surface area contributed by atoms with Gasteiger partial charge in [0.15, 0.2) is 15.7 Å². The van der Waals surface area contributed by atoms with Crippen molar-refractivity contribution in [1.82, 2.24) is 29.5 Å². The lowest BCUT2D eigenvalue weighted by atomic mass is 9.63. The Morgan fingerprint density at radius 1 is 1.00 bits per heavy atom. The summed E-state index contributed by atoms with van der Waals surface area (Å²) >= 11 is 7.99. The molecule has 0 bridgehead atoms. The van der Waals surface area contributed by atoms with Crippen LogP contribution in [0.1, 0.15) is 23.7 Å². The van der Waals surface area contributed by atoms with Crippen LogP contribution >= 0.6 is 22.9 Å². The van der Waals surface area contributed by atoms with Crippen LogP contribution in [0.4, 0.5) is 26.3 Å². The number of aromatic nitrogens is 4. The van der Waals surface area contributed by atoms with Crippen LogP contribution in [0.2, 0.25) is 5.02 Å². The van der Waals surface area contributed by atoms with E-state index in [1.165, 1.54) is 52.9 Å². The SMILES string of the molecule is BC(B)(Oc1ccccc1C(F)(F)[C@@H](Oc1ncnc2sc(-c3ccc(F)o3)c(-c3ccc(OCCN4CCN(C)CC4)c(Cl)c3C)c12)C(=O)OCC)c1ccnn1CC(F)(F)F. The number of ether oxygens (including phenoxy) is 4. The third-order valence-electron chi connectivity index (χ3n) is 10.5. The number of nitrogens with zero attached hydrogens (tertiary/aromatic N) is 6. The summed E-state index contributed by atoms with van der Waals surface area (Å²) in [6, 6.07) is 11.2. The molecule has 6 aromatic rings. The van der Waals surface area contributed by atoms with Crippen molar-refractivity contribution in [3.8, 4) is 39.1 Å². The third-order valence-corrected chi connectivity index (χ3v) is 12.0. The summed E-state index contributed by atoms with van der Waals surface area (Å²) in [5.74, 6) is -6.15. The summed E-state index contributed by atoms with van der Waals surface area (Å²) in [4.78, 5) is 27.4. The van der Waals surface area contributed by atoms with Gasteiger partial charge in [0.1, 0.15) is 41.6 Å². The van der Waals surface area contributed by atoms with E-state index < -0.39 is 59.3 Å². The van der Waals surface area contributed by atoms with E-state index in [4.69, 9.17) is 35.0 Å². The fourth-order valence-electron chi connectivity index (χ4n) is 7.30. The lowest BCUT2D eigenvalue weighted by Crippen LogP contribution is -2.45. The largest absolute Gasteiger partial charge is 0.499 e. The Labute approximate surface area is 368 Å². The van der Waals surface area contributed by atoms with Crippen molar-refractivity contribution in [2.24, 2.45) is 0 Å². The van der Waals surface area contributed by atoms with Gasteiger partial charge < -0.3 is 28.3 Å². The first-order valence-corrected chi connectivity index (χ1v) is 21.0. The van der Waals surface area contributed by atoms with E-state index in [0.717, 1.165) is 62.2 Å². The van der Waals surface area contributed by atoms with Crippen molar-refractivity contribution in [2.45, 2.75) is 44.0 Å². The average Bonchev–Trinajstić information content (AvgIpc) is 3.98. The number of hydrogen-bond acceptors (Lipinski definition) is 12. The fraction of sp³-hybridized carbons (Fsp3) is 0.366. The molecule has 63 heavy (non-hydrogen) atoms. The van der Waals surface area contributed by atoms with Crippen molar-refractivity contribution in [3.05, 3.63) is 95.0 Å². The van der Waals surface area contributed by atoms with E-state index in [1.54, 1.807) is 19.1 Å². The van der Waals surface area contributed by atoms with E-state index >= 15 is 8.78 Å². The maximum Gasteiger partial charge on any atom is 0.408 e. The van der Waals surface area contributed by atoms with Gasteiger partial charge in [-0.2, -0.15) is 31.4 Å². The number of furan rings is 1. The zero-order valence-electron chi connectivity index (χ0n) is 34.8. The molecule has 1 atom stereocenters. The summed E-state index contributed by atoms with van der Waals surface area (Å²) in [6.07, 6.45) is -5.15. The topological polar surface area (TPSA) is 117 Å². The Morgan fingerprint density at radius 3 is 2.44 bits per heavy atom. The van der Waals surface area contributed by atoms with E-state index in [1.807, 2.05) is 0 Å². The van der Waals surface area contributed by atoms with E-state index in [9.17, 15) is 22.4 Å². The minimum atomic E-state index is -4.64. The van der Waals surface area contributed by atoms with Crippen LogP contribution in [-0.2, 0) is 27.4 Å². The van der Waals surface area contributed by atoms with Crippen molar-refractivity contribution < 1.29 is 54.5 Å². The Balaban J connectivity index is 1.28. The van der Waals surface area contributed by atoms with Gasteiger partial charge in [0.2, 0.25) is 5.88 Å². The van der Waals surface area contributed by atoms with Gasteiger partial charge in [0.25, 0.3) is 12.1 Å². The second-order valence-electron chi connectivity index (χ2n) is 15.3. The second-order valence-corrected chi connectivity index (χ2v) is 16.7. The van der Waals surface area contributed by atoms with Gasteiger partial charge in [-0.3, -0.25) is 9.58 Å². The number of carbonyl (C=O) groups excluding carboxylic acids is 1. The van der Waals surface area contributed by atoms with Crippen LogP contribution < -0.4 is 14.2 Å². The normalized spacial score (nSPS) is 14.8. The summed E-state index contributed by atoms with van der Waals surface area (Å²) in [5, 5.41) is 2.44. The van der Waals surface area contributed by atoms with Crippen LogP contribution in [0.25, 0.3) is 32.0 Å². The highest BCUT2D eigenvalue weighted by atomic mass is 35.5. The van der Waals surface area contributed by atoms with Crippen LogP contribution in [0.3, 0.4) is 0 Å². The Kier molecular flexibility index (Phi) is 13.4. The van der Waals surface area contributed by atoms with Gasteiger partial charge in [-0.1, -0.05) is 29.8 Å². The summed E-state index contributed by atoms with van der Waals surface area (Å²) in [5.41, 5.74) is 0.349. The molecule has 1 aliphatic heterocycles. The number of fused-ring (bicyclic) bond motifs is 1. The number of para-hydroxylation sites is 1. The van der Waals surface area contributed by atoms with E-state index in [-0.39, 0.29) is 38.9 Å². The number of benzene rings is 2. The number of likely N-dealkylation sites (N-methyl/N-ethyl adjacent to an activating group) is 1. The molecule has 2 aromatic carbocycles. The molecule has 7 rings (SSSR count). The lowest BCUT2D eigenvalue weighted by molar-refractivity contribution is -0.174. The lowest BCUT2D eigenvalue weighted by Gasteiger charge is -2.32. The summed E-state index contributed by atoms with van der Waals surface area (Å²) < 4.78 is 119. The smallest absolute Gasteiger partial charge is 0.408 e. The molecule has 22 heteroatoms. The zero-order chi connectivity index (χ0) is 45.3. The summed E-state index contributed by atoms with van der Waals surface area (Å²) in [7, 11) is 4.86.